The number of carboxylic acids is 1. The van der Waals surface area contributed by atoms with Crippen LogP contribution in [0.15, 0.2) is 24.8 Å². The number of nitrogens with one attached hydrogen (secondary N) is 1. The van der Waals surface area contributed by atoms with E-state index in [1.807, 2.05) is 0 Å². The van der Waals surface area contributed by atoms with Crippen LogP contribution in [0.5, 0.6) is 0 Å². The Morgan fingerprint density at radius 2 is 2.21 bits per heavy atom. The topological polar surface area (TPSA) is 102 Å². The van der Waals surface area contributed by atoms with Crippen molar-refractivity contribution in [2.75, 3.05) is 6.54 Å². The molecule has 0 aliphatic rings. The molecule has 0 unspecified atom stereocenters. The summed E-state index contributed by atoms with van der Waals surface area (Å²) >= 11 is 0. The van der Waals surface area contributed by atoms with E-state index in [0.29, 0.717) is 18.8 Å². The fraction of sp³-hybridized carbons (Fsp3) is 0.273. The predicted molar refractivity (Wildman–Crippen MR) is 64.7 cm³/mol. The van der Waals surface area contributed by atoms with Gasteiger partial charge in [-0.15, -0.1) is 0 Å². The summed E-state index contributed by atoms with van der Waals surface area (Å²) in [5.74, 6) is -1.34. The highest BCUT2D eigenvalue weighted by Gasteiger charge is 2.09. The lowest BCUT2D eigenvalue weighted by atomic mass is 10.4. The maximum atomic E-state index is 11.7. The van der Waals surface area contributed by atoms with Crippen molar-refractivity contribution in [2.24, 2.45) is 7.05 Å². The van der Waals surface area contributed by atoms with Crippen LogP contribution < -0.4 is 5.32 Å². The molecule has 0 aliphatic carbocycles. The quantitative estimate of drug-likeness (QED) is 0.774. The van der Waals surface area contributed by atoms with Crippen LogP contribution in [0.2, 0.25) is 0 Å². The molecule has 0 bridgehead atoms. The largest absolute Gasteiger partial charge is 0.476 e. The molecule has 0 saturated heterocycles. The van der Waals surface area contributed by atoms with Crippen LogP contribution in [0.4, 0.5) is 0 Å². The van der Waals surface area contributed by atoms with E-state index in [1.54, 1.807) is 28.6 Å². The zero-order valence-electron chi connectivity index (χ0n) is 10.3. The third-order valence-corrected chi connectivity index (χ3v) is 2.45. The van der Waals surface area contributed by atoms with E-state index < -0.39 is 5.97 Å². The number of aryl methyl sites for hydroxylation is 1. The summed E-state index contributed by atoms with van der Waals surface area (Å²) in [4.78, 5) is 26.0. The lowest BCUT2D eigenvalue weighted by Gasteiger charge is -2.03. The number of carbonyl (C=O) groups excluding carboxylic acids is 1. The smallest absolute Gasteiger partial charge is 0.356 e. The van der Waals surface area contributed by atoms with Crippen molar-refractivity contribution in [3.05, 3.63) is 36.2 Å². The number of carbonyl (C=O) groups is 2. The van der Waals surface area contributed by atoms with Crippen LogP contribution >= 0.6 is 0 Å². The number of aromatic nitrogens is 4. The van der Waals surface area contributed by atoms with E-state index in [4.69, 9.17) is 5.11 Å². The molecule has 0 spiro atoms. The van der Waals surface area contributed by atoms with E-state index in [1.165, 1.54) is 12.5 Å². The van der Waals surface area contributed by atoms with Gasteiger partial charge in [-0.1, -0.05) is 0 Å². The molecule has 2 aromatic heterocycles. The number of carboxylic acid groups (broad SMARTS) is 1. The summed E-state index contributed by atoms with van der Waals surface area (Å²) in [6, 6.07) is 1.62. The second kappa shape index (κ2) is 5.34. The summed E-state index contributed by atoms with van der Waals surface area (Å²) in [6.07, 6.45) is 4.51. The summed E-state index contributed by atoms with van der Waals surface area (Å²) < 4.78 is 3.14. The fourth-order valence-corrected chi connectivity index (χ4v) is 1.52. The second-order valence-electron chi connectivity index (χ2n) is 3.93. The lowest BCUT2D eigenvalue weighted by Crippen LogP contribution is -2.27. The van der Waals surface area contributed by atoms with Gasteiger partial charge in [0, 0.05) is 32.5 Å². The van der Waals surface area contributed by atoms with Gasteiger partial charge in [0.2, 0.25) is 0 Å². The standard InChI is InChI=1S/C11H13N5O3/c1-15-4-2-8(14-15)10(17)12-3-5-16-6-9(11(18)19)13-7-16/h2,4,6-7H,3,5H2,1H3,(H,12,17)(H,18,19). The molecule has 19 heavy (non-hydrogen) atoms. The van der Waals surface area contributed by atoms with Gasteiger partial charge in [0.25, 0.3) is 5.91 Å². The van der Waals surface area contributed by atoms with E-state index in [9.17, 15) is 9.59 Å². The first kappa shape index (κ1) is 12.8. The highest BCUT2D eigenvalue weighted by atomic mass is 16.4. The third kappa shape index (κ3) is 3.18. The number of hydrogen-bond donors (Lipinski definition) is 2. The zero-order valence-corrected chi connectivity index (χ0v) is 10.3. The van der Waals surface area contributed by atoms with E-state index in [-0.39, 0.29) is 11.6 Å². The number of rotatable bonds is 5. The van der Waals surface area contributed by atoms with Gasteiger partial charge in [0.15, 0.2) is 5.69 Å². The number of nitrogens with zero attached hydrogens (tertiary/aromatic N) is 4. The minimum Gasteiger partial charge on any atom is -0.476 e. The molecule has 2 rings (SSSR count). The van der Waals surface area contributed by atoms with Crippen LogP contribution in [0.25, 0.3) is 0 Å². The molecule has 8 nitrogen and oxygen atoms in total. The van der Waals surface area contributed by atoms with Gasteiger partial charge in [-0.25, -0.2) is 9.78 Å². The van der Waals surface area contributed by atoms with Gasteiger partial charge in [0.05, 0.1) is 6.33 Å². The second-order valence-corrected chi connectivity index (χ2v) is 3.93. The van der Waals surface area contributed by atoms with Crippen molar-refractivity contribution in [1.29, 1.82) is 0 Å². The normalized spacial score (nSPS) is 10.4. The molecule has 0 fully saturated rings. The molecule has 0 aliphatic heterocycles. The molecule has 0 atom stereocenters. The third-order valence-electron chi connectivity index (χ3n) is 2.45. The monoisotopic (exact) mass is 263 g/mol. The first-order valence-electron chi connectivity index (χ1n) is 5.59. The molecule has 2 heterocycles. The van der Waals surface area contributed by atoms with Crippen molar-refractivity contribution in [3.63, 3.8) is 0 Å². The first-order valence-corrected chi connectivity index (χ1v) is 5.59. The molecule has 1 amide bonds. The van der Waals surface area contributed by atoms with E-state index in [2.05, 4.69) is 15.4 Å². The Morgan fingerprint density at radius 3 is 2.79 bits per heavy atom. The Morgan fingerprint density at radius 1 is 1.42 bits per heavy atom. The minimum atomic E-state index is -1.07. The average Bonchev–Trinajstić information content (AvgIpc) is 2.98. The summed E-state index contributed by atoms with van der Waals surface area (Å²) in [7, 11) is 1.73. The molecule has 0 saturated carbocycles. The highest BCUT2D eigenvalue weighted by molar-refractivity contribution is 5.92. The summed E-state index contributed by atoms with van der Waals surface area (Å²) in [5.41, 5.74) is 0.329. The van der Waals surface area contributed by atoms with Crippen molar-refractivity contribution >= 4 is 11.9 Å². The number of aromatic carboxylic acids is 1. The Labute approximate surface area is 108 Å². The summed E-state index contributed by atoms with van der Waals surface area (Å²) in [5, 5.41) is 15.4. The van der Waals surface area contributed by atoms with Gasteiger partial charge >= 0.3 is 5.97 Å². The van der Waals surface area contributed by atoms with Crippen molar-refractivity contribution in [2.45, 2.75) is 6.54 Å². The lowest BCUT2D eigenvalue weighted by molar-refractivity contribution is 0.0690. The SMILES string of the molecule is Cn1ccc(C(=O)NCCn2cnc(C(=O)O)c2)n1. The Bertz CT molecular complexity index is 601. The molecular formula is C11H13N5O3. The van der Waals surface area contributed by atoms with Gasteiger partial charge in [-0.05, 0) is 6.07 Å². The molecule has 0 aromatic carbocycles. The highest BCUT2D eigenvalue weighted by Crippen LogP contribution is 1.96. The van der Waals surface area contributed by atoms with Crippen LogP contribution in [0.3, 0.4) is 0 Å². The molecular weight excluding hydrogens is 250 g/mol. The van der Waals surface area contributed by atoms with Gasteiger partial charge in [-0.2, -0.15) is 5.10 Å². The van der Waals surface area contributed by atoms with Crippen LogP contribution in [-0.4, -0.2) is 42.9 Å². The Kier molecular flexibility index (Phi) is 3.60. The maximum Gasteiger partial charge on any atom is 0.356 e. The van der Waals surface area contributed by atoms with Crippen molar-refractivity contribution < 1.29 is 14.7 Å². The van der Waals surface area contributed by atoms with Crippen LogP contribution in [0, 0.1) is 0 Å². The van der Waals surface area contributed by atoms with Crippen molar-refractivity contribution in [3.8, 4) is 0 Å². The number of imidazole rings is 1. The molecule has 2 aromatic rings. The van der Waals surface area contributed by atoms with Gasteiger partial charge in [-0.3, -0.25) is 9.48 Å². The van der Waals surface area contributed by atoms with Crippen LogP contribution in [0.1, 0.15) is 21.0 Å². The molecule has 100 valence electrons. The molecule has 0 radical (unpaired) electrons. The van der Waals surface area contributed by atoms with E-state index >= 15 is 0 Å². The number of amides is 1. The molecule has 2 N–H and O–H groups in total. The molecule has 8 heteroatoms. The van der Waals surface area contributed by atoms with E-state index in [0.717, 1.165) is 0 Å². The average molecular weight is 263 g/mol. The fourth-order valence-electron chi connectivity index (χ4n) is 1.52. The Balaban J connectivity index is 1.83. The first-order chi connectivity index (χ1) is 9.06. The number of hydrogen-bond acceptors (Lipinski definition) is 4. The van der Waals surface area contributed by atoms with Gasteiger partial charge in [0.1, 0.15) is 5.69 Å². The summed E-state index contributed by atoms with van der Waals surface area (Å²) in [6.45, 7) is 0.809. The minimum absolute atomic E-state index is 0.0175. The van der Waals surface area contributed by atoms with Gasteiger partial charge < -0.3 is 15.0 Å². The van der Waals surface area contributed by atoms with Crippen molar-refractivity contribution in [1.82, 2.24) is 24.6 Å². The Hall–Kier alpha value is -2.64. The van der Waals surface area contributed by atoms with Crippen LogP contribution in [-0.2, 0) is 13.6 Å². The predicted octanol–water partition coefficient (Wildman–Crippen LogP) is -0.255. The maximum absolute atomic E-state index is 11.7. The zero-order chi connectivity index (χ0) is 13.8.